The SMILES string of the molecule is CS(=O)(=O)c1cccc(NC(=O)c2cc(-c3ccccc3)nc3c2cnn3Cc2ccccc2)c1. The van der Waals surface area contributed by atoms with Gasteiger partial charge in [-0.3, -0.25) is 4.79 Å². The van der Waals surface area contributed by atoms with Crippen molar-refractivity contribution in [1.29, 1.82) is 0 Å². The fourth-order valence-corrected chi connectivity index (χ4v) is 4.53. The van der Waals surface area contributed by atoms with Crippen LogP contribution >= 0.6 is 0 Å². The van der Waals surface area contributed by atoms with Crippen LogP contribution in [0.3, 0.4) is 0 Å². The maximum absolute atomic E-state index is 13.4. The van der Waals surface area contributed by atoms with Crippen LogP contribution in [0.1, 0.15) is 15.9 Å². The first kappa shape index (κ1) is 22.5. The second kappa shape index (κ2) is 9.15. The van der Waals surface area contributed by atoms with Gasteiger partial charge < -0.3 is 5.32 Å². The van der Waals surface area contributed by atoms with E-state index in [4.69, 9.17) is 4.98 Å². The summed E-state index contributed by atoms with van der Waals surface area (Å²) in [5, 5.41) is 7.96. The van der Waals surface area contributed by atoms with Crippen LogP contribution in [0.15, 0.2) is 102 Å². The number of carbonyl (C=O) groups is 1. The van der Waals surface area contributed by atoms with Crippen molar-refractivity contribution in [2.24, 2.45) is 0 Å². The zero-order chi connectivity index (χ0) is 24.4. The van der Waals surface area contributed by atoms with E-state index in [0.29, 0.717) is 34.5 Å². The molecule has 1 amide bonds. The molecule has 3 aromatic carbocycles. The van der Waals surface area contributed by atoms with Crippen LogP contribution in [0, 0.1) is 0 Å². The average Bonchev–Trinajstić information content (AvgIpc) is 3.27. The number of benzene rings is 3. The maximum Gasteiger partial charge on any atom is 0.256 e. The van der Waals surface area contributed by atoms with Gasteiger partial charge in [-0.05, 0) is 29.8 Å². The van der Waals surface area contributed by atoms with Crippen molar-refractivity contribution in [2.45, 2.75) is 11.4 Å². The Kier molecular flexibility index (Phi) is 5.88. The molecule has 174 valence electrons. The number of nitrogens with one attached hydrogen (secondary N) is 1. The molecule has 0 radical (unpaired) electrons. The monoisotopic (exact) mass is 482 g/mol. The summed E-state index contributed by atoms with van der Waals surface area (Å²) in [6.07, 6.45) is 2.77. The van der Waals surface area contributed by atoms with Crippen LogP contribution in [-0.4, -0.2) is 35.3 Å². The van der Waals surface area contributed by atoms with E-state index in [9.17, 15) is 13.2 Å². The molecule has 0 unspecified atom stereocenters. The molecule has 0 atom stereocenters. The molecule has 5 aromatic rings. The molecule has 2 heterocycles. The lowest BCUT2D eigenvalue weighted by molar-refractivity contribution is 0.102. The first-order chi connectivity index (χ1) is 16.9. The number of carbonyl (C=O) groups excluding carboxylic acids is 1. The van der Waals surface area contributed by atoms with Crippen molar-refractivity contribution in [3.05, 3.63) is 108 Å². The first-order valence-corrected chi connectivity index (χ1v) is 12.8. The van der Waals surface area contributed by atoms with Gasteiger partial charge in [0.05, 0.1) is 34.3 Å². The van der Waals surface area contributed by atoms with Gasteiger partial charge in [0.15, 0.2) is 15.5 Å². The minimum atomic E-state index is -3.40. The lowest BCUT2D eigenvalue weighted by Crippen LogP contribution is -2.14. The number of aromatic nitrogens is 3. The van der Waals surface area contributed by atoms with E-state index in [2.05, 4.69) is 10.4 Å². The van der Waals surface area contributed by atoms with Crippen LogP contribution in [-0.2, 0) is 16.4 Å². The molecule has 0 saturated carbocycles. The molecule has 5 rings (SSSR count). The van der Waals surface area contributed by atoms with Gasteiger partial charge in [-0.1, -0.05) is 66.7 Å². The highest BCUT2D eigenvalue weighted by atomic mass is 32.2. The average molecular weight is 483 g/mol. The van der Waals surface area contributed by atoms with Gasteiger partial charge in [0, 0.05) is 17.5 Å². The quantitative estimate of drug-likeness (QED) is 0.375. The van der Waals surface area contributed by atoms with Crippen LogP contribution in [0.4, 0.5) is 5.69 Å². The highest BCUT2D eigenvalue weighted by Gasteiger charge is 2.18. The molecule has 8 heteroatoms. The minimum absolute atomic E-state index is 0.135. The molecule has 0 bridgehead atoms. The summed E-state index contributed by atoms with van der Waals surface area (Å²) < 4.78 is 25.7. The zero-order valence-electron chi connectivity index (χ0n) is 18.9. The van der Waals surface area contributed by atoms with Crippen LogP contribution in [0.5, 0.6) is 0 Å². The second-order valence-corrected chi connectivity index (χ2v) is 10.2. The lowest BCUT2D eigenvalue weighted by Gasteiger charge is -2.11. The number of hydrogen-bond acceptors (Lipinski definition) is 5. The van der Waals surface area contributed by atoms with E-state index in [1.54, 1.807) is 29.1 Å². The Morgan fingerprint density at radius 2 is 1.63 bits per heavy atom. The van der Waals surface area contributed by atoms with E-state index in [0.717, 1.165) is 17.4 Å². The van der Waals surface area contributed by atoms with Gasteiger partial charge in [0.2, 0.25) is 0 Å². The third kappa shape index (κ3) is 4.83. The molecular formula is C27H22N4O3S. The smallest absolute Gasteiger partial charge is 0.256 e. The Labute approximate surface area is 203 Å². The van der Waals surface area contributed by atoms with E-state index in [1.807, 2.05) is 60.7 Å². The topological polar surface area (TPSA) is 93.9 Å². The number of fused-ring (bicyclic) bond motifs is 1. The predicted octanol–water partition coefficient (Wildman–Crippen LogP) is 4.80. The number of hydrogen-bond donors (Lipinski definition) is 1. The number of rotatable bonds is 6. The van der Waals surface area contributed by atoms with Gasteiger partial charge in [-0.15, -0.1) is 0 Å². The highest BCUT2D eigenvalue weighted by molar-refractivity contribution is 7.90. The molecule has 0 aliphatic carbocycles. The van der Waals surface area contributed by atoms with E-state index < -0.39 is 9.84 Å². The molecule has 7 nitrogen and oxygen atoms in total. The van der Waals surface area contributed by atoms with E-state index in [1.165, 1.54) is 12.1 Å². The van der Waals surface area contributed by atoms with Crippen molar-refractivity contribution in [2.75, 3.05) is 11.6 Å². The summed E-state index contributed by atoms with van der Waals surface area (Å²) in [6.45, 7) is 0.507. The fourth-order valence-electron chi connectivity index (χ4n) is 3.87. The normalized spacial score (nSPS) is 11.5. The number of amides is 1. The van der Waals surface area contributed by atoms with Crippen LogP contribution in [0.25, 0.3) is 22.3 Å². The Hall–Kier alpha value is -4.30. The molecule has 0 spiro atoms. The number of nitrogens with zero attached hydrogens (tertiary/aromatic N) is 3. The third-order valence-electron chi connectivity index (χ3n) is 5.62. The van der Waals surface area contributed by atoms with Crippen LogP contribution < -0.4 is 5.32 Å². The number of anilines is 1. The fraction of sp³-hybridized carbons (Fsp3) is 0.0741. The standard InChI is InChI=1S/C27H22N4O3S/c1-35(33,34)22-14-8-13-21(15-22)29-27(32)23-16-25(20-11-6-3-7-12-20)30-26-24(23)17-28-31(26)18-19-9-4-2-5-10-19/h2-17H,18H2,1H3,(H,29,32). The first-order valence-electron chi connectivity index (χ1n) is 11.0. The van der Waals surface area contributed by atoms with Crippen LogP contribution in [0.2, 0.25) is 0 Å². The minimum Gasteiger partial charge on any atom is -0.322 e. The van der Waals surface area contributed by atoms with Crippen molar-refractivity contribution < 1.29 is 13.2 Å². The summed E-state index contributed by atoms with van der Waals surface area (Å²) in [4.78, 5) is 18.4. The van der Waals surface area contributed by atoms with Crippen molar-refractivity contribution in [3.63, 3.8) is 0 Å². The summed E-state index contributed by atoms with van der Waals surface area (Å²) in [6, 6.07) is 27.5. The lowest BCUT2D eigenvalue weighted by atomic mass is 10.1. The van der Waals surface area contributed by atoms with Crippen molar-refractivity contribution in [1.82, 2.24) is 14.8 Å². The molecule has 0 fully saturated rings. The highest BCUT2D eigenvalue weighted by Crippen LogP contribution is 2.26. The Bertz CT molecular complexity index is 1630. The zero-order valence-corrected chi connectivity index (χ0v) is 19.7. The number of pyridine rings is 1. The summed E-state index contributed by atoms with van der Waals surface area (Å²) >= 11 is 0. The maximum atomic E-state index is 13.4. The molecule has 2 aromatic heterocycles. The third-order valence-corrected chi connectivity index (χ3v) is 6.73. The Morgan fingerprint density at radius 3 is 2.34 bits per heavy atom. The van der Waals surface area contributed by atoms with Gasteiger partial charge in [0.1, 0.15) is 0 Å². The van der Waals surface area contributed by atoms with Crippen molar-refractivity contribution >= 4 is 32.5 Å². The second-order valence-electron chi connectivity index (χ2n) is 8.20. The molecule has 0 aliphatic heterocycles. The van der Waals surface area contributed by atoms with Gasteiger partial charge in [-0.2, -0.15) is 5.10 Å². The molecule has 1 N–H and O–H groups in total. The van der Waals surface area contributed by atoms with Gasteiger partial charge >= 0.3 is 0 Å². The Morgan fingerprint density at radius 1 is 0.914 bits per heavy atom. The predicted molar refractivity (Wildman–Crippen MR) is 136 cm³/mol. The molecule has 0 saturated heterocycles. The molecular weight excluding hydrogens is 460 g/mol. The summed E-state index contributed by atoms with van der Waals surface area (Å²) in [7, 11) is -3.40. The van der Waals surface area contributed by atoms with E-state index >= 15 is 0 Å². The van der Waals surface area contributed by atoms with E-state index in [-0.39, 0.29) is 10.8 Å². The summed E-state index contributed by atoms with van der Waals surface area (Å²) in [5.74, 6) is -0.375. The largest absolute Gasteiger partial charge is 0.322 e. The number of sulfone groups is 1. The van der Waals surface area contributed by atoms with Gasteiger partial charge in [-0.25, -0.2) is 18.1 Å². The molecule has 35 heavy (non-hydrogen) atoms. The van der Waals surface area contributed by atoms with Gasteiger partial charge in [0.25, 0.3) is 5.91 Å². The summed E-state index contributed by atoms with van der Waals surface area (Å²) in [5.41, 5.74) is 3.95. The molecule has 0 aliphatic rings. The van der Waals surface area contributed by atoms with Crippen molar-refractivity contribution in [3.8, 4) is 11.3 Å². The Balaban J connectivity index is 1.59.